The molecule has 0 unspecified atom stereocenters. The minimum Gasteiger partial charge on any atom is -0.461 e. The molecule has 0 radical (unpaired) electrons. The molecule has 4 aromatic rings. The number of carbonyl (C=O) groups excluding carboxylic acids is 1. The van der Waals surface area contributed by atoms with Gasteiger partial charge in [0.15, 0.2) is 5.82 Å². The average Bonchev–Trinajstić information content (AvgIpc) is 3.52. The second kappa shape index (κ2) is 13.0. The zero-order chi connectivity index (χ0) is 36.6. The number of aliphatic imine (C=N–C) groups is 1. The molecule has 53 heavy (non-hydrogen) atoms. The van der Waals surface area contributed by atoms with Crippen LogP contribution in [0.1, 0.15) is 56.9 Å². The number of nitrogens with two attached hydrogens (primary N) is 1. The first-order valence-electron chi connectivity index (χ1n) is 18.6. The second-order valence-corrected chi connectivity index (χ2v) is 17.2. The van der Waals surface area contributed by atoms with E-state index in [0.717, 1.165) is 75.8 Å². The van der Waals surface area contributed by atoms with Gasteiger partial charge in [-0.1, -0.05) is 24.1 Å². The highest BCUT2D eigenvalue weighted by Gasteiger charge is 2.52. The topological polar surface area (TPSA) is 124 Å². The monoisotopic (exact) mass is 758 g/mol. The summed E-state index contributed by atoms with van der Waals surface area (Å²) in [6.45, 7) is 5.16. The molecule has 2 aromatic heterocycles. The second-order valence-electron chi connectivity index (χ2n) is 15.7. The zero-order valence-electron chi connectivity index (χ0n) is 29.6. The van der Waals surface area contributed by atoms with Gasteiger partial charge in [0.2, 0.25) is 5.91 Å². The normalized spacial score (nSPS) is 23.5. The maximum atomic E-state index is 17.3. The molecular formula is C39H41ClF2N8O2S. The maximum absolute atomic E-state index is 17.3. The van der Waals surface area contributed by atoms with E-state index in [0.29, 0.717) is 44.0 Å². The highest BCUT2D eigenvalue weighted by atomic mass is 35.5. The van der Waals surface area contributed by atoms with Gasteiger partial charge in [-0.2, -0.15) is 15.2 Å². The summed E-state index contributed by atoms with van der Waals surface area (Å²) in [5, 5.41) is 10.9. The van der Waals surface area contributed by atoms with Crippen LogP contribution in [0.2, 0.25) is 5.02 Å². The number of halogens is 3. The molecule has 4 aliphatic heterocycles. The standard InChI is InChI=1S/C39H41ClF2N8O2S/c1-45-17-22-14-24(22)36(51)49-19-38(20-49)8-2-3-11-48(18-38)35-25-15-27(40)30(23-6-7-28(41)33-29(23)26(16-43)34(44)53-33)31(42)32(25)46-37(47-35)52-21-39-9-4-12-50(39)13-5-10-39/h6-7,15,17,22,24H,2-5,8-14,18-21,44H2,1H3/t22-,24+/m0/s1. The van der Waals surface area contributed by atoms with Crippen molar-refractivity contribution in [3.8, 4) is 23.2 Å². The Kier molecular flexibility index (Phi) is 8.51. The van der Waals surface area contributed by atoms with E-state index in [1.54, 1.807) is 13.1 Å². The molecule has 14 heteroatoms. The Bertz CT molecular complexity index is 2220. The molecule has 1 spiro atoms. The van der Waals surface area contributed by atoms with Crippen molar-refractivity contribution in [3.63, 3.8) is 0 Å². The summed E-state index contributed by atoms with van der Waals surface area (Å²) >= 11 is 7.94. The van der Waals surface area contributed by atoms with Gasteiger partial charge in [0, 0.05) is 73.0 Å². The van der Waals surface area contributed by atoms with Crippen molar-refractivity contribution in [1.82, 2.24) is 19.8 Å². The molecule has 1 amide bonds. The SMILES string of the molecule is CN=C[C@@H]1C[C@H]1C(=O)N1CC2(CCCCN(c3nc(OCC45CCCN4CCC5)nc4c(F)c(-c5ccc(F)c6sc(N)c(C#N)c56)c(Cl)cc34)C2)C1. The Balaban J connectivity index is 1.12. The van der Waals surface area contributed by atoms with Crippen molar-refractivity contribution >= 4 is 66.9 Å². The quantitative estimate of drug-likeness (QED) is 0.199. The first kappa shape index (κ1) is 34.6. The number of likely N-dealkylation sites (tertiary alicyclic amines) is 1. The first-order valence-corrected chi connectivity index (χ1v) is 19.8. The van der Waals surface area contributed by atoms with E-state index in [9.17, 15) is 10.1 Å². The van der Waals surface area contributed by atoms with E-state index >= 15 is 8.78 Å². The molecule has 6 heterocycles. The van der Waals surface area contributed by atoms with Crippen molar-refractivity contribution in [2.24, 2.45) is 22.2 Å². The number of nitriles is 1. The number of hydrogen-bond acceptors (Lipinski definition) is 10. The van der Waals surface area contributed by atoms with Gasteiger partial charge in [0.1, 0.15) is 34.8 Å². The van der Waals surface area contributed by atoms with Crippen molar-refractivity contribution in [3.05, 3.63) is 40.4 Å². The van der Waals surface area contributed by atoms with E-state index in [4.69, 9.17) is 32.0 Å². The number of aromatic nitrogens is 2. The maximum Gasteiger partial charge on any atom is 0.319 e. The molecule has 2 N–H and O–H groups in total. The van der Waals surface area contributed by atoms with Crippen LogP contribution < -0.4 is 15.4 Å². The summed E-state index contributed by atoms with van der Waals surface area (Å²) in [6, 6.07) is 6.53. The Hall–Kier alpha value is -4.12. The Morgan fingerprint density at radius 3 is 2.70 bits per heavy atom. The number of rotatable bonds is 7. The van der Waals surface area contributed by atoms with E-state index in [-0.39, 0.29) is 77.0 Å². The lowest BCUT2D eigenvalue weighted by atomic mass is 9.75. The number of thiophene rings is 1. The third-order valence-corrected chi connectivity index (χ3v) is 13.7. The number of anilines is 2. The van der Waals surface area contributed by atoms with Crippen LogP contribution in [0.25, 0.3) is 32.1 Å². The van der Waals surface area contributed by atoms with Crippen molar-refractivity contribution in [2.75, 3.05) is 63.6 Å². The lowest BCUT2D eigenvalue weighted by Gasteiger charge is -2.51. The summed E-state index contributed by atoms with van der Waals surface area (Å²) in [6.07, 6.45) is 9.91. The molecule has 276 valence electrons. The predicted molar refractivity (Wildman–Crippen MR) is 204 cm³/mol. The number of carbonyl (C=O) groups is 1. The molecule has 9 rings (SSSR count). The van der Waals surface area contributed by atoms with Crippen LogP contribution in [-0.2, 0) is 4.79 Å². The molecule has 2 aromatic carbocycles. The van der Waals surface area contributed by atoms with Gasteiger partial charge in [-0.15, -0.1) is 11.3 Å². The van der Waals surface area contributed by atoms with Crippen LogP contribution in [0.4, 0.5) is 19.6 Å². The minimum atomic E-state index is -0.705. The van der Waals surface area contributed by atoms with E-state index < -0.39 is 11.6 Å². The highest BCUT2D eigenvalue weighted by molar-refractivity contribution is 7.23. The molecule has 1 aliphatic carbocycles. The summed E-state index contributed by atoms with van der Waals surface area (Å²) in [4.78, 5) is 33.8. The van der Waals surface area contributed by atoms with Crippen molar-refractivity contribution in [1.29, 1.82) is 5.26 Å². The van der Waals surface area contributed by atoms with Crippen LogP contribution in [0.3, 0.4) is 0 Å². The van der Waals surface area contributed by atoms with E-state index in [2.05, 4.69) is 20.9 Å². The van der Waals surface area contributed by atoms with Crippen molar-refractivity contribution < 1.29 is 18.3 Å². The fraction of sp³-hybridized carbons (Fsp3) is 0.513. The third kappa shape index (κ3) is 5.71. The number of hydrogen-bond donors (Lipinski definition) is 1. The van der Waals surface area contributed by atoms with Gasteiger partial charge in [-0.05, 0) is 75.7 Å². The number of nitrogens with zero attached hydrogens (tertiary/aromatic N) is 7. The molecule has 2 atom stereocenters. The van der Waals surface area contributed by atoms with Gasteiger partial charge in [-0.3, -0.25) is 9.69 Å². The summed E-state index contributed by atoms with van der Waals surface area (Å²) < 4.78 is 38.9. The zero-order valence-corrected chi connectivity index (χ0v) is 31.2. The molecular weight excluding hydrogens is 718 g/mol. The molecule has 5 aliphatic rings. The lowest BCUT2D eigenvalue weighted by molar-refractivity contribution is -0.144. The summed E-state index contributed by atoms with van der Waals surface area (Å²) in [5.41, 5.74) is 6.34. The van der Waals surface area contributed by atoms with Gasteiger partial charge in [0.25, 0.3) is 0 Å². The van der Waals surface area contributed by atoms with Crippen LogP contribution in [0.15, 0.2) is 23.2 Å². The highest BCUT2D eigenvalue weighted by Crippen LogP contribution is 2.48. The van der Waals surface area contributed by atoms with Crippen LogP contribution in [0.5, 0.6) is 6.01 Å². The third-order valence-electron chi connectivity index (χ3n) is 12.4. The van der Waals surface area contributed by atoms with Crippen LogP contribution >= 0.6 is 22.9 Å². The smallest absolute Gasteiger partial charge is 0.319 e. The largest absolute Gasteiger partial charge is 0.461 e. The van der Waals surface area contributed by atoms with Gasteiger partial charge >= 0.3 is 6.01 Å². The van der Waals surface area contributed by atoms with Crippen LogP contribution in [-0.4, -0.2) is 90.4 Å². The number of amides is 1. The average molecular weight is 759 g/mol. The predicted octanol–water partition coefficient (Wildman–Crippen LogP) is 7.06. The summed E-state index contributed by atoms with van der Waals surface area (Å²) in [7, 11) is 1.75. The summed E-state index contributed by atoms with van der Waals surface area (Å²) in [5.74, 6) is -0.253. The van der Waals surface area contributed by atoms with Crippen molar-refractivity contribution in [2.45, 2.75) is 56.9 Å². The Labute approximate surface area is 315 Å². The van der Waals surface area contributed by atoms with Gasteiger partial charge in [-0.25, -0.2) is 8.78 Å². The lowest BCUT2D eigenvalue weighted by Crippen LogP contribution is -2.62. The first-order chi connectivity index (χ1) is 25.6. The molecule has 10 nitrogen and oxygen atoms in total. The number of nitrogen functional groups attached to an aromatic ring is 1. The Morgan fingerprint density at radius 2 is 1.94 bits per heavy atom. The fourth-order valence-corrected chi connectivity index (χ4v) is 10.9. The molecule has 4 saturated heterocycles. The number of benzene rings is 2. The van der Waals surface area contributed by atoms with Crippen LogP contribution in [0, 0.1) is 40.2 Å². The molecule has 0 bridgehead atoms. The molecule has 1 saturated carbocycles. The van der Waals surface area contributed by atoms with E-state index in [1.165, 1.54) is 12.1 Å². The van der Waals surface area contributed by atoms with Gasteiger partial charge in [0.05, 0.1) is 20.8 Å². The number of fused-ring (bicyclic) bond motifs is 3. The number of ether oxygens (including phenoxy) is 1. The minimum absolute atomic E-state index is 0.0115. The van der Waals surface area contributed by atoms with E-state index in [1.807, 2.05) is 11.1 Å². The van der Waals surface area contributed by atoms with Gasteiger partial charge < -0.3 is 25.3 Å². The Morgan fingerprint density at radius 1 is 1.15 bits per heavy atom. The fourth-order valence-electron chi connectivity index (χ4n) is 9.69. The molecule has 5 fully saturated rings.